The van der Waals surface area contributed by atoms with E-state index in [2.05, 4.69) is 5.32 Å². The highest BCUT2D eigenvalue weighted by Crippen LogP contribution is 2.18. The quantitative estimate of drug-likeness (QED) is 0.836. The van der Waals surface area contributed by atoms with Gasteiger partial charge in [0.1, 0.15) is 0 Å². The molecule has 128 valence electrons. The van der Waals surface area contributed by atoms with E-state index < -0.39 is 12.7 Å². The summed E-state index contributed by atoms with van der Waals surface area (Å²) in [7, 11) is 1.78. The maximum absolute atomic E-state index is 12.3. The fourth-order valence-electron chi connectivity index (χ4n) is 2.31. The lowest BCUT2D eigenvalue weighted by Gasteiger charge is -2.25. The summed E-state index contributed by atoms with van der Waals surface area (Å²) < 4.78 is 37.0. The van der Waals surface area contributed by atoms with Gasteiger partial charge in [-0.2, -0.15) is 13.2 Å². The van der Waals surface area contributed by atoms with Crippen LogP contribution in [0, 0.1) is 5.92 Å². The molecule has 0 aromatic rings. The standard InChI is InChI=1S/C12H22F3N3O.2ClH/c1-10(8-16-2)11(19)18-5-3-4-17(6-7-18)9-12(13,14)15;;/h10,16H,3-9H2,1-2H3;2*1H. The average Bonchev–Trinajstić information content (AvgIpc) is 2.52. The Labute approximate surface area is 136 Å². The van der Waals surface area contributed by atoms with E-state index in [0.717, 1.165) is 0 Å². The van der Waals surface area contributed by atoms with Gasteiger partial charge in [-0.15, -0.1) is 24.8 Å². The van der Waals surface area contributed by atoms with E-state index in [4.69, 9.17) is 0 Å². The lowest BCUT2D eigenvalue weighted by molar-refractivity contribution is -0.145. The molecule has 1 fully saturated rings. The third-order valence-corrected chi connectivity index (χ3v) is 3.23. The van der Waals surface area contributed by atoms with Gasteiger partial charge in [0.05, 0.1) is 6.54 Å². The van der Waals surface area contributed by atoms with Gasteiger partial charge in [0.15, 0.2) is 0 Å². The summed E-state index contributed by atoms with van der Waals surface area (Å²) in [5.41, 5.74) is 0. The van der Waals surface area contributed by atoms with Gasteiger partial charge < -0.3 is 10.2 Å². The van der Waals surface area contributed by atoms with E-state index in [-0.39, 0.29) is 43.2 Å². The summed E-state index contributed by atoms with van der Waals surface area (Å²) in [6.07, 6.45) is -3.58. The molecule has 0 aliphatic carbocycles. The smallest absolute Gasteiger partial charge is 0.341 e. The summed E-state index contributed by atoms with van der Waals surface area (Å²) >= 11 is 0. The van der Waals surface area contributed by atoms with E-state index in [9.17, 15) is 18.0 Å². The van der Waals surface area contributed by atoms with Gasteiger partial charge in [-0.25, -0.2) is 0 Å². The fourth-order valence-corrected chi connectivity index (χ4v) is 2.31. The Morgan fingerprint density at radius 2 is 1.81 bits per heavy atom. The van der Waals surface area contributed by atoms with Crippen molar-refractivity contribution >= 4 is 30.7 Å². The number of amides is 1. The van der Waals surface area contributed by atoms with Crippen molar-refractivity contribution in [3.05, 3.63) is 0 Å². The predicted octanol–water partition coefficient (Wildman–Crippen LogP) is 1.78. The number of carbonyl (C=O) groups excluding carboxylic acids is 1. The van der Waals surface area contributed by atoms with Crippen molar-refractivity contribution in [2.75, 3.05) is 46.3 Å². The first kappa shape index (κ1) is 23.0. The molecule has 1 rings (SSSR count). The summed E-state index contributed by atoms with van der Waals surface area (Å²) in [4.78, 5) is 15.1. The number of halogens is 5. The van der Waals surface area contributed by atoms with Gasteiger partial charge in [-0.3, -0.25) is 9.69 Å². The number of rotatable bonds is 4. The lowest BCUT2D eigenvalue weighted by atomic mass is 10.1. The van der Waals surface area contributed by atoms with Crippen molar-refractivity contribution in [2.45, 2.75) is 19.5 Å². The summed E-state index contributed by atoms with van der Waals surface area (Å²) in [5.74, 6) is -0.123. The lowest BCUT2D eigenvalue weighted by Crippen LogP contribution is -2.41. The first-order valence-electron chi connectivity index (χ1n) is 6.56. The molecule has 4 nitrogen and oxygen atoms in total. The van der Waals surface area contributed by atoms with Crippen molar-refractivity contribution < 1.29 is 18.0 Å². The second-order valence-corrected chi connectivity index (χ2v) is 5.03. The molecule has 1 amide bonds. The zero-order valence-electron chi connectivity index (χ0n) is 12.3. The molecule has 0 radical (unpaired) electrons. The zero-order valence-corrected chi connectivity index (χ0v) is 13.9. The molecule has 0 saturated carbocycles. The zero-order chi connectivity index (χ0) is 14.5. The van der Waals surface area contributed by atoms with Crippen molar-refractivity contribution in [1.29, 1.82) is 0 Å². The van der Waals surface area contributed by atoms with Crippen molar-refractivity contribution in [1.82, 2.24) is 15.1 Å². The van der Waals surface area contributed by atoms with Crippen LogP contribution in [0.4, 0.5) is 13.2 Å². The minimum atomic E-state index is -4.17. The SMILES string of the molecule is CNCC(C)C(=O)N1CCCN(CC(F)(F)F)CC1.Cl.Cl. The normalized spacial score (nSPS) is 18.2. The molecule has 1 heterocycles. The van der Waals surface area contributed by atoms with Crippen LogP contribution in [0.25, 0.3) is 0 Å². The van der Waals surface area contributed by atoms with Gasteiger partial charge in [-0.05, 0) is 13.5 Å². The molecule has 1 aliphatic heterocycles. The van der Waals surface area contributed by atoms with Crippen LogP contribution >= 0.6 is 24.8 Å². The van der Waals surface area contributed by atoms with E-state index in [1.54, 1.807) is 11.9 Å². The van der Waals surface area contributed by atoms with Crippen LogP contribution in [0.3, 0.4) is 0 Å². The minimum absolute atomic E-state index is 0. The highest BCUT2D eigenvalue weighted by molar-refractivity contribution is 5.85. The number of nitrogens with zero attached hydrogens (tertiary/aromatic N) is 2. The highest BCUT2D eigenvalue weighted by Gasteiger charge is 2.32. The highest BCUT2D eigenvalue weighted by atomic mass is 35.5. The van der Waals surface area contributed by atoms with E-state index in [1.807, 2.05) is 6.92 Å². The van der Waals surface area contributed by atoms with Crippen LogP contribution in [0.2, 0.25) is 0 Å². The van der Waals surface area contributed by atoms with E-state index in [1.165, 1.54) is 4.90 Å². The largest absolute Gasteiger partial charge is 0.401 e. The van der Waals surface area contributed by atoms with Gasteiger partial charge in [0, 0.05) is 38.6 Å². The maximum Gasteiger partial charge on any atom is 0.401 e. The number of hydrogen-bond donors (Lipinski definition) is 1. The Kier molecular flexibility index (Phi) is 11.5. The van der Waals surface area contributed by atoms with Crippen molar-refractivity contribution in [3.63, 3.8) is 0 Å². The van der Waals surface area contributed by atoms with E-state index in [0.29, 0.717) is 32.6 Å². The van der Waals surface area contributed by atoms with Crippen LogP contribution in [0.5, 0.6) is 0 Å². The Morgan fingerprint density at radius 3 is 2.33 bits per heavy atom. The number of nitrogens with one attached hydrogen (secondary N) is 1. The third-order valence-electron chi connectivity index (χ3n) is 3.23. The Bertz CT molecular complexity index is 306. The molecule has 1 unspecified atom stereocenters. The molecule has 1 atom stereocenters. The molecule has 0 aromatic heterocycles. The first-order valence-corrected chi connectivity index (χ1v) is 6.56. The van der Waals surface area contributed by atoms with E-state index >= 15 is 0 Å². The van der Waals surface area contributed by atoms with Crippen LogP contribution in [0.1, 0.15) is 13.3 Å². The first-order chi connectivity index (χ1) is 8.83. The van der Waals surface area contributed by atoms with Crippen LogP contribution in [-0.4, -0.2) is 68.2 Å². The monoisotopic (exact) mass is 353 g/mol. The fraction of sp³-hybridized carbons (Fsp3) is 0.917. The molecule has 1 aliphatic rings. The average molecular weight is 354 g/mol. The molecule has 1 N–H and O–H groups in total. The van der Waals surface area contributed by atoms with Gasteiger partial charge in [0.2, 0.25) is 5.91 Å². The summed E-state index contributed by atoms with van der Waals surface area (Å²) in [5, 5.41) is 2.94. The number of carbonyl (C=O) groups is 1. The molecule has 1 saturated heterocycles. The van der Waals surface area contributed by atoms with Crippen LogP contribution in [0.15, 0.2) is 0 Å². The maximum atomic E-state index is 12.3. The minimum Gasteiger partial charge on any atom is -0.341 e. The molecular formula is C12H24Cl2F3N3O. The topological polar surface area (TPSA) is 35.6 Å². The van der Waals surface area contributed by atoms with Crippen LogP contribution in [-0.2, 0) is 4.79 Å². The van der Waals surface area contributed by atoms with Gasteiger partial charge in [0.25, 0.3) is 0 Å². The molecule has 21 heavy (non-hydrogen) atoms. The second-order valence-electron chi connectivity index (χ2n) is 5.03. The summed E-state index contributed by atoms with van der Waals surface area (Å²) in [6.45, 7) is 3.13. The number of hydrogen-bond acceptors (Lipinski definition) is 3. The molecule has 0 bridgehead atoms. The number of alkyl halides is 3. The van der Waals surface area contributed by atoms with Crippen LogP contribution < -0.4 is 5.32 Å². The van der Waals surface area contributed by atoms with Crippen molar-refractivity contribution in [3.8, 4) is 0 Å². The molecule has 9 heteroatoms. The Balaban J connectivity index is 0. The van der Waals surface area contributed by atoms with Crippen molar-refractivity contribution in [2.24, 2.45) is 5.92 Å². The van der Waals surface area contributed by atoms with Gasteiger partial charge >= 0.3 is 6.18 Å². The molecular weight excluding hydrogens is 330 g/mol. The Morgan fingerprint density at radius 1 is 1.19 bits per heavy atom. The third kappa shape index (κ3) is 8.70. The predicted molar refractivity (Wildman–Crippen MR) is 81.3 cm³/mol. The Hall–Kier alpha value is -0.240. The summed E-state index contributed by atoms with van der Waals surface area (Å²) in [6, 6.07) is 0. The molecule has 0 spiro atoms. The van der Waals surface area contributed by atoms with Gasteiger partial charge in [-0.1, -0.05) is 6.92 Å². The molecule has 0 aromatic carbocycles. The second kappa shape index (κ2) is 10.5.